The van der Waals surface area contributed by atoms with Gasteiger partial charge in [0, 0.05) is 22.3 Å². The molecule has 0 unspecified atom stereocenters. The van der Waals surface area contributed by atoms with Gasteiger partial charge in [-0.2, -0.15) is 0 Å². The third kappa shape index (κ3) is 5.25. The lowest BCUT2D eigenvalue weighted by molar-refractivity contribution is 1.08. The van der Waals surface area contributed by atoms with Gasteiger partial charge in [-0.15, -0.1) is 0 Å². The van der Waals surface area contributed by atoms with Crippen molar-refractivity contribution in [3.05, 3.63) is 175 Å². The van der Waals surface area contributed by atoms with Crippen molar-refractivity contribution in [2.24, 2.45) is 4.99 Å². The van der Waals surface area contributed by atoms with Crippen molar-refractivity contribution in [3.8, 4) is 34.2 Å². The number of hydrogen-bond acceptors (Lipinski definition) is 4. The second-order valence-electron chi connectivity index (χ2n) is 12.6. The van der Waals surface area contributed by atoms with Crippen molar-refractivity contribution in [2.45, 2.75) is 6.92 Å². The predicted molar refractivity (Wildman–Crippen MR) is 215 cm³/mol. The number of nitrogens with zero attached hydrogens (tertiary/aromatic N) is 4. The van der Waals surface area contributed by atoms with Gasteiger partial charge < -0.3 is 0 Å². The number of rotatable bonds is 6. The van der Waals surface area contributed by atoms with Crippen LogP contribution >= 0.6 is 0 Å². The summed E-state index contributed by atoms with van der Waals surface area (Å²) in [5.74, 6) is 1.89. The lowest BCUT2D eigenvalue weighted by atomic mass is 9.95. The fraction of sp³-hybridized carbons (Fsp3) is 0.0213. The predicted octanol–water partition coefficient (Wildman–Crippen LogP) is 12.3. The van der Waals surface area contributed by atoms with Crippen LogP contribution < -0.4 is 0 Å². The van der Waals surface area contributed by atoms with E-state index >= 15 is 0 Å². The highest BCUT2D eigenvalue weighted by atomic mass is 15.0. The maximum absolute atomic E-state index is 5.28. The molecule has 0 radical (unpaired) electrons. The van der Waals surface area contributed by atoms with Crippen molar-refractivity contribution in [2.75, 3.05) is 0 Å². The Morgan fingerprint density at radius 3 is 1.47 bits per heavy atom. The molecule has 0 aliphatic carbocycles. The molecule has 1 aromatic heterocycles. The van der Waals surface area contributed by atoms with Gasteiger partial charge >= 0.3 is 0 Å². The maximum atomic E-state index is 5.28. The van der Waals surface area contributed by atoms with Crippen LogP contribution in [-0.2, 0) is 0 Å². The Morgan fingerprint density at radius 1 is 0.490 bits per heavy atom. The molecule has 0 aliphatic rings. The first-order chi connectivity index (χ1) is 25.2. The molecular formula is C47H32N4. The van der Waals surface area contributed by atoms with Gasteiger partial charge in [0.05, 0.1) is 5.69 Å². The van der Waals surface area contributed by atoms with Crippen molar-refractivity contribution in [1.82, 2.24) is 15.0 Å². The van der Waals surface area contributed by atoms with Crippen molar-refractivity contribution < 1.29 is 0 Å². The smallest absolute Gasteiger partial charge is 0.164 e. The number of aromatic nitrogens is 3. The molecule has 0 amide bonds. The minimum atomic E-state index is 0.617. The van der Waals surface area contributed by atoms with Crippen LogP contribution in [0.25, 0.3) is 82.8 Å². The number of benzene rings is 8. The second kappa shape index (κ2) is 12.6. The van der Waals surface area contributed by atoms with E-state index < -0.39 is 0 Å². The number of allylic oxidation sites excluding steroid dienone is 1. The molecule has 1 heterocycles. The molecule has 8 aromatic carbocycles. The van der Waals surface area contributed by atoms with Gasteiger partial charge in [0.2, 0.25) is 0 Å². The van der Waals surface area contributed by atoms with Crippen LogP contribution in [0.1, 0.15) is 18.1 Å². The number of para-hydroxylation sites is 1. The molecule has 4 heteroatoms. The van der Waals surface area contributed by atoms with E-state index in [0.29, 0.717) is 17.5 Å². The van der Waals surface area contributed by atoms with E-state index in [9.17, 15) is 0 Å². The summed E-state index contributed by atoms with van der Waals surface area (Å²) in [6.45, 7) is 5.84. The summed E-state index contributed by atoms with van der Waals surface area (Å²) in [6, 6.07) is 55.0. The highest BCUT2D eigenvalue weighted by Gasteiger charge is 2.18. The molecule has 0 atom stereocenters. The lowest BCUT2D eigenvalue weighted by Gasteiger charge is -2.14. The maximum Gasteiger partial charge on any atom is 0.164 e. The third-order valence-corrected chi connectivity index (χ3v) is 9.76. The topological polar surface area (TPSA) is 51.0 Å². The first-order valence-corrected chi connectivity index (χ1v) is 17.1. The Kier molecular flexibility index (Phi) is 7.48. The van der Waals surface area contributed by atoms with Gasteiger partial charge in [0.1, 0.15) is 0 Å². The van der Waals surface area contributed by atoms with Gasteiger partial charge in [-0.1, -0.05) is 146 Å². The highest BCUT2D eigenvalue weighted by Crippen LogP contribution is 2.38. The van der Waals surface area contributed by atoms with Crippen molar-refractivity contribution in [3.63, 3.8) is 0 Å². The van der Waals surface area contributed by atoms with E-state index in [1.165, 1.54) is 21.5 Å². The zero-order valence-corrected chi connectivity index (χ0v) is 28.1. The Balaban J connectivity index is 1.28. The molecule has 4 nitrogen and oxygen atoms in total. The number of hydrogen-bond donors (Lipinski definition) is 0. The van der Waals surface area contributed by atoms with Crippen LogP contribution in [0.3, 0.4) is 0 Å². The lowest BCUT2D eigenvalue weighted by Crippen LogP contribution is -2.01. The molecule has 0 fully saturated rings. The molecule has 0 N–H and O–H groups in total. The number of aliphatic imine (C=N–C) groups is 1. The summed E-state index contributed by atoms with van der Waals surface area (Å²) < 4.78 is 0. The van der Waals surface area contributed by atoms with Gasteiger partial charge in [0.25, 0.3) is 0 Å². The Bertz CT molecular complexity index is 2690. The molecule has 0 saturated carbocycles. The molecule has 0 bridgehead atoms. The third-order valence-electron chi connectivity index (χ3n) is 9.76. The Morgan fingerprint density at radius 2 is 0.941 bits per heavy atom. The zero-order chi connectivity index (χ0) is 34.3. The van der Waals surface area contributed by atoms with E-state index in [1.807, 2.05) is 18.2 Å². The van der Waals surface area contributed by atoms with Gasteiger partial charge in [-0.25, -0.2) is 15.0 Å². The van der Waals surface area contributed by atoms with Crippen LogP contribution in [0.2, 0.25) is 0 Å². The van der Waals surface area contributed by atoms with Crippen LogP contribution in [0.5, 0.6) is 0 Å². The summed E-state index contributed by atoms with van der Waals surface area (Å²) in [5.41, 5.74) is 6.91. The van der Waals surface area contributed by atoms with E-state index in [0.717, 1.165) is 60.6 Å². The first kappa shape index (κ1) is 30.3. The summed E-state index contributed by atoms with van der Waals surface area (Å²) in [4.78, 5) is 20.0. The SMILES string of the molecule is C=Nc1ccccc1/C(=C\C)c1ccc(-c2nc(-c3cc4ccccc4c4ccccc34)nc(-c3cc4ccccc4c4ccccc34)n2)cc1. The van der Waals surface area contributed by atoms with E-state index in [4.69, 9.17) is 15.0 Å². The van der Waals surface area contributed by atoms with Gasteiger partial charge in [0.15, 0.2) is 17.5 Å². The van der Waals surface area contributed by atoms with E-state index in [-0.39, 0.29) is 0 Å². The highest BCUT2D eigenvalue weighted by molar-refractivity contribution is 6.14. The second-order valence-corrected chi connectivity index (χ2v) is 12.6. The quantitative estimate of drug-likeness (QED) is 0.133. The molecular weight excluding hydrogens is 621 g/mol. The standard InChI is InChI=1S/C47H32N4/c1-3-34(41-22-12-13-23-44(41)48-2)30-24-26-31(27-25-30)45-49-46(42-28-32-14-4-6-16-35(32)37-18-8-10-20-39(37)42)51-47(50-45)43-29-33-15-5-7-17-36(33)38-19-9-11-21-40(38)43/h3-29H,2H2,1H3/b34-3-. The summed E-state index contributed by atoms with van der Waals surface area (Å²) >= 11 is 0. The van der Waals surface area contributed by atoms with Crippen LogP contribution in [0.4, 0.5) is 5.69 Å². The largest absolute Gasteiger partial charge is 0.264 e. The normalized spacial score (nSPS) is 11.8. The molecule has 0 spiro atoms. The zero-order valence-electron chi connectivity index (χ0n) is 28.1. The molecule has 9 aromatic rings. The van der Waals surface area contributed by atoms with E-state index in [1.54, 1.807) is 0 Å². The average molecular weight is 653 g/mol. The summed E-state index contributed by atoms with van der Waals surface area (Å²) in [5, 5.41) is 9.24. The minimum Gasteiger partial charge on any atom is -0.264 e. The molecule has 9 rings (SSSR count). The Labute approximate surface area is 296 Å². The Hall–Kier alpha value is -6.78. The van der Waals surface area contributed by atoms with Crippen LogP contribution in [0.15, 0.2) is 169 Å². The fourth-order valence-electron chi connectivity index (χ4n) is 7.34. The number of fused-ring (bicyclic) bond motifs is 6. The molecule has 0 saturated heterocycles. The summed E-state index contributed by atoms with van der Waals surface area (Å²) in [7, 11) is 0. The molecule has 0 aliphatic heterocycles. The van der Waals surface area contributed by atoms with Gasteiger partial charge in [-0.05, 0) is 86.1 Å². The first-order valence-electron chi connectivity index (χ1n) is 17.1. The van der Waals surface area contributed by atoms with Gasteiger partial charge in [-0.3, -0.25) is 4.99 Å². The van der Waals surface area contributed by atoms with Crippen molar-refractivity contribution >= 4 is 61.1 Å². The fourth-order valence-corrected chi connectivity index (χ4v) is 7.34. The van der Waals surface area contributed by atoms with Crippen LogP contribution in [0, 0.1) is 0 Å². The minimum absolute atomic E-state index is 0.617. The van der Waals surface area contributed by atoms with E-state index in [2.05, 4.69) is 164 Å². The monoisotopic (exact) mass is 652 g/mol. The van der Waals surface area contributed by atoms with Crippen molar-refractivity contribution in [1.29, 1.82) is 0 Å². The molecule has 240 valence electrons. The molecule has 51 heavy (non-hydrogen) atoms. The average Bonchev–Trinajstić information content (AvgIpc) is 3.21. The van der Waals surface area contributed by atoms with Crippen LogP contribution in [-0.4, -0.2) is 21.7 Å². The summed E-state index contributed by atoms with van der Waals surface area (Å²) in [6.07, 6.45) is 2.12.